The molecule has 4 aromatic rings. The number of halogens is 2. The third-order valence-corrected chi connectivity index (χ3v) is 5.19. The van der Waals surface area contributed by atoms with Crippen molar-refractivity contribution >= 4 is 40.0 Å². The summed E-state index contributed by atoms with van der Waals surface area (Å²) in [6.45, 7) is 1.75. The van der Waals surface area contributed by atoms with Crippen molar-refractivity contribution in [3.8, 4) is 11.1 Å². The molecule has 0 amide bonds. The Morgan fingerprint density at radius 1 is 1.13 bits per heavy atom. The largest absolute Gasteiger partial charge is 0.369 e. The van der Waals surface area contributed by atoms with E-state index in [0.29, 0.717) is 11.6 Å². The molecule has 31 heavy (non-hydrogen) atoms. The van der Waals surface area contributed by atoms with Crippen molar-refractivity contribution < 1.29 is 4.39 Å². The minimum absolute atomic E-state index is 0.0444. The summed E-state index contributed by atoms with van der Waals surface area (Å²) in [7, 11) is 4.11. The van der Waals surface area contributed by atoms with Gasteiger partial charge in [0.25, 0.3) is 0 Å². The second-order valence-electron chi connectivity index (χ2n) is 7.57. The molecule has 3 N–H and O–H groups in total. The number of nitrogens with zero attached hydrogens (tertiary/aromatic N) is 3. The van der Waals surface area contributed by atoms with Crippen LogP contribution in [0.15, 0.2) is 54.9 Å². The highest BCUT2D eigenvalue weighted by atomic mass is 35.5. The molecule has 0 fully saturated rings. The Morgan fingerprint density at radius 3 is 2.81 bits per heavy atom. The number of benzene rings is 2. The normalized spacial score (nSPS) is 11.3. The predicted octanol–water partition coefficient (Wildman–Crippen LogP) is 5.52. The van der Waals surface area contributed by atoms with E-state index in [4.69, 9.17) is 11.6 Å². The van der Waals surface area contributed by atoms with Gasteiger partial charge in [-0.25, -0.2) is 9.37 Å². The molecule has 0 saturated carbocycles. The molecular weight excluding hydrogens is 415 g/mol. The van der Waals surface area contributed by atoms with Crippen molar-refractivity contribution in [2.45, 2.75) is 6.42 Å². The molecule has 2 aromatic carbocycles. The van der Waals surface area contributed by atoms with Crippen LogP contribution in [0.2, 0.25) is 5.02 Å². The second-order valence-corrected chi connectivity index (χ2v) is 7.98. The van der Waals surface area contributed by atoms with Gasteiger partial charge in [-0.15, -0.1) is 0 Å². The summed E-state index contributed by atoms with van der Waals surface area (Å²) in [5.41, 5.74) is 3.59. The first-order valence-electron chi connectivity index (χ1n) is 10.0. The molecule has 8 heteroatoms. The number of aromatic nitrogens is 3. The maximum Gasteiger partial charge on any atom is 0.229 e. The number of hydrogen-bond acceptors (Lipinski definition) is 5. The highest BCUT2D eigenvalue weighted by Gasteiger charge is 2.11. The molecule has 0 aliphatic heterocycles. The molecule has 2 aromatic heterocycles. The van der Waals surface area contributed by atoms with Gasteiger partial charge in [0.2, 0.25) is 5.95 Å². The van der Waals surface area contributed by atoms with E-state index in [1.165, 1.54) is 12.1 Å². The summed E-state index contributed by atoms with van der Waals surface area (Å²) in [5, 5.41) is 7.73. The molecule has 0 spiro atoms. The van der Waals surface area contributed by atoms with Gasteiger partial charge in [0.05, 0.1) is 5.02 Å². The Balaban J connectivity index is 1.63. The number of aromatic amines is 1. The van der Waals surface area contributed by atoms with Gasteiger partial charge in [0.1, 0.15) is 11.6 Å². The Kier molecular flexibility index (Phi) is 6.34. The monoisotopic (exact) mass is 438 g/mol. The first-order chi connectivity index (χ1) is 15.0. The van der Waals surface area contributed by atoms with Crippen LogP contribution in [0.25, 0.3) is 22.0 Å². The SMILES string of the molecule is CN(C)CCCNc1nc(Nc2ccc(F)c(Cl)c2)ncc1-c1ccc2cc[nH]c2c1. The molecule has 0 bridgehead atoms. The number of rotatable bonds is 8. The van der Waals surface area contributed by atoms with Crippen molar-refractivity contribution in [2.24, 2.45) is 0 Å². The van der Waals surface area contributed by atoms with Crippen molar-refractivity contribution in [1.29, 1.82) is 0 Å². The zero-order valence-electron chi connectivity index (χ0n) is 17.4. The highest BCUT2D eigenvalue weighted by Crippen LogP contribution is 2.30. The maximum atomic E-state index is 13.5. The van der Waals surface area contributed by atoms with Crippen LogP contribution in [0.3, 0.4) is 0 Å². The molecule has 0 aliphatic rings. The van der Waals surface area contributed by atoms with Gasteiger partial charge in [0.15, 0.2) is 0 Å². The van der Waals surface area contributed by atoms with Crippen LogP contribution in [-0.4, -0.2) is 47.0 Å². The summed E-state index contributed by atoms with van der Waals surface area (Å²) < 4.78 is 13.5. The topological polar surface area (TPSA) is 68.9 Å². The van der Waals surface area contributed by atoms with Crippen molar-refractivity contribution in [3.63, 3.8) is 0 Å². The van der Waals surface area contributed by atoms with E-state index in [1.54, 1.807) is 12.3 Å². The Bertz CT molecular complexity index is 1190. The van der Waals surface area contributed by atoms with Gasteiger partial charge >= 0.3 is 0 Å². The number of H-pyrrole nitrogens is 1. The number of anilines is 3. The van der Waals surface area contributed by atoms with E-state index >= 15 is 0 Å². The zero-order chi connectivity index (χ0) is 21.8. The molecule has 0 aliphatic carbocycles. The summed E-state index contributed by atoms with van der Waals surface area (Å²) in [5.74, 6) is 0.671. The van der Waals surface area contributed by atoms with Gasteiger partial charge in [-0.1, -0.05) is 23.7 Å². The van der Waals surface area contributed by atoms with Crippen molar-refractivity contribution in [3.05, 3.63) is 65.7 Å². The van der Waals surface area contributed by atoms with Crippen LogP contribution < -0.4 is 10.6 Å². The number of hydrogen-bond donors (Lipinski definition) is 3. The fraction of sp³-hybridized carbons (Fsp3) is 0.217. The van der Waals surface area contributed by atoms with Crippen molar-refractivity contribution in [1.82, 2.24) is 19.9 Å². The van der Waals surface area contributed by atoms with Crippen LogP contribution in [0.1, 0.15) is 6.42 Å². The summed E-state index contributed by atoms with van der Waals surface area (Å²) >= 11 is 5.89. The van der Waals surface area contributed by atoms with E-state index in [9.17, 15) is 4.39 Å². The van der Waals surface area contributed by atoms with Crippen LogP contribution in [0, 0.1) is 5.82 Å². The molecule has 6 nitrogen and oxygen atoms in total. The molecule has 4 rings (SSSR count). The first-order valence-corrected chi connectivity index (χ1v) is 10.4. The quantitative estimate of drug-likeness (QED) is 0.316. The number of nitrogens with one attached hydrogen (secondary N) is 3. The van der Waals surface area contributed by atoms with E-state index < -0.39 is 5.82 Å². The lowest BCUT2D eigenvalue weighted by Gasteiger charge is -2.15. The van der Waals surface area contributed by atoms with E-state index in [2.05, 4.69) is 62.8 Å². The average Bonchev–Trinajstić information content (AvgIpc) is 3.22. The molecular formula is C23H24ClFN6. The van der Waals surface area contributed by atoms with Crippen LogP contribution in [0.4, 0.5) is 21.8 Å². The Hall–Kier alpha value is -3.16. The number of fused-ring (bicyclic) bond motifs is 1. The summed E-state index contributed by atoms with van der Waals surface area (Å²) in [4.78, 5) is 14.5. The predicted molar refractivity (Wildman–Crippen MR) is 126 cm³/mol. The molecule has 0 unspecified atom stereocenters. The molecule has 0 radical (unpaired) electrons. The summed E-state index contributed by atoms with van der Waals surface area (Å²) in [6, 6.07) is 12.7. The van der Waals surface area contributed by atoms with Gasteiger partial charge in [-0.2, -0.15) is 4.98 Å². The van der Waals surface area contributed by atoms with Crippen LogP contribution in [-0.2, 0) is 0 Å². The molecule has 2 heterocycles. The van der Waals surface area contributed by atoms with Crippen LogP contribution in [0.5, 0.6) is 0 Å². The minimum atomic E-state index is -0.466. The van der Waals surface area contributed by atoms with E-state index in [0.717, 1.165) is 47.4 Å². The van der Waals surface area contributed by atoms with Gasteiger partial charge < -0.3 is 20.5 Å². The average molecular weight is 439 g/mol. The minimum Gasteiger partial charge on any atom is -0.369 e. The lowest BCUT2D eigenvalue weighted by Crippen LogP contribution is -2.17. The van der Waals surface area contributed by atoms with Gasteiger partial charge in [-0.3, -0.25) is 0 Å². The fourth-order valence-corrected chi connectivity index (χ4v) is 3.49. The highest BCUT2D eigenvalue weighted by molar-refractivity contribution is 6.31. The maximum absolute atomic E-state index is 13.5. The first kappa shape index (κ1) is 21.1. The van der Waals surface area contributed by atoms with Crippen LogP contribution >= 0.6 is 11.6 Å². The third-order valence-electron chi connectivity index (χ3n) is 4.91. The standard InChI is InChI=1S/C23H24ClFN6/c1-31(2)11-3-9-27-22-18(16-5-4-15-8-10-26-21(15)12-16)14-28-23(30-22)29-17-6-7-20(25)19(24)13-17/h4-8,10,12-14,26H,3,9,11H2,1-2H3,(H2,27,28,29,30). The van der Waals surface area contributed by atoms with Gasteiger partial charge in [-0.05, 0) is 68.3 Å². The lowest BCUT2D eigenvalue weighted by atomic mass is 10.1. The smallest absolute Gasteiger partial charge is 0.229 e. The van der Waals surface area contributed by atoms with Crippen molar-refractivity contribution in [2.75, 3.05) is 37.8 Å². The fourth-order valence-electron chi connectivity index (χ4n) is 3.31. The van der Waals surface area contributed by atoms with E-state index in [1.807, 2.05) is 12.3 Å². The second kappa shape index (κ2) is 9.32. The Morgan fingerprint density at radius 2 is 2.00 bits per heavy atom. The molecule has 0 saturated heterocycles. The molecule has 0 atom stereocenters. The summed E-state index contributed by atoms with van der Waals surface area (Å²) in [6.07, 6.45) is 4.69. The zero-order valence-corrected chi connectivity index (χ0v) is 18.2. The Labute approximate surface area is 185 Å². The van der Waals surface area contributed by atoms with E-state index in [-0.39, 0.29) is 5.02 Å². The van der Waals surface area contributed by atoms with Gasteiger partial charge in [0, 0.05) is 35.7 Å². The third kappa shape index (κ3) is 5.13. The lowest BCUT2D eigenvalue weighted by molar-refractivity contribution is 0.405. The molecule has 160 valence electrons.